The molecule has 4 rings (SSSR count). The Morgan fingerprint density at radius 3 is 1.85 bits per heavy atom. The molecule has 0 saturated carbocycles. The van der Waals surface area contributed by atoms with Crippen molar-refractivity contribution >= 4 is 5.97 Å². The van der Waals surface area contributed by atoms with Crippen molar-refractivity contribution in [1.29, 1.82) is 0 Å². The quantitative estimate of drug-likeness (QED) is 0.222. The Balaban J connectivity index is 1.52. The fourth-order valence-corrected chi connectivity index (χ4v) is 3.50. The largest absolute Gasteiger partial charge is 0.491 e. The van der Waals surface area contributed by atoms with Crippen molar-refractivity contribution in [3.8, 4) is 33.8 Å². The third-order valence-corrected chi connectivity index (χ3v) is 5.29. The van der Waals surface area contributed by atoms with Gasteiger partial charge in [-0.15, -0.1) is 0 Å². The number of hydrogen-bond donors (Lipinski definition) is 0. The Labute approximate surface area is 195 Å². The van der Waals surface area contributed by atoms with Gasteiger partial charge in [-0.1, -0.05) is 54.1 Å². The molecule has 34 heavy (non-hydrogen) atoms. The highest BCUT2D eigenvalue weighted by atomic mass is 19.2. The summed E-state index contributed by atoms with van der Waals surface area (Å²) in [5.41, 5.74) is 2.30. The lowest BCUT2D eigenvalue weighted by molar-refractivity contribution is 0.0734. The minimum atomic E-state index is -0.965. The van der Waals surface area contributed by atoms with Gasteiger partial charge in [-0.2, -0.15) is 0 Å². The van der Waals surface area contributed by atoms with Crippen molar-refractivity contribution < 1.29 is 27.4 Å². The average molecular weight is 462 g/mol. The highest BCUT2D eigenvalue weighted by Crippen LogP contribution is 2.32. The van der Waals surface area contributed by atoms with Gasteiger partial charge in [0.1, 0.15) is 5.75 Å². The molecule has 0 aliphatic rings. The van der Waals surface area contributed by atoms with E-state index in [4.69, 9.17) is 9.47 Å². The maximum Gasteiger partial charge on any atom is 0.343 e. The van der Waals surface area contributed by atoms with Gasteiger partial charge in [0, 0.05) is 11.1 Å². The van der Waals surface area contributed by atoms with Gasteiger partial charge >= 0.3 is 5.97 Å². The first kappa shape index (κ1) is 23.1. The zero-order chi connectivity index (χ0) is 24.2. The summed E-state index contributed by atoms with van der Waals surface area (Å²) in [4.78, 5) is 12.3. The molecular weight excluding hydrogens is 441 g/mol. The third-order valence-electron chi connectivity index (χ3n) is 5.29. The zero-order valence-electron chi connectivity index (χ0n) is 18.6. The van der Waals surface area contributed by atoms with Gasteiger partial charge in [0.05, 0.1) is 12.2 Å². The summed E-state index contributed by atoms with van der Waals surface area (Å²) in [5, 5.41) is 0. The maximum atomic E-state index is 14.9. The summed E-state index contributed by atoms with van der Waals surface area (Å²) >= 11 is 0. The van der Waals surface area contributed by atoms with E-state index in [-0.39, 0.29) is 28.2 Å². The standard InChI is InChI=1S/C28H21F3O3/c1-3-33-25-15-10-20(16-24(25)29)28(32)34-21-11-8-19(9-12-21)23-14-13-22(26(30)27(23)31)18-6-4-17(2)5-7-18/h4-16H,3H2,1-2H3. The molecule has 3 nitrogen and oxygen atoms in total. The Hall–Kier alpha value is -4.06. The first-order valence-corrected chi connectivity index (χ1v) is 10.7. The first-order chi connectivity index (χ1) is 16.4. The molecule has 4 aromatic carbocycles. The van der Waals surface area contributed by atoms with Gasteiger partial charge in [0.15, 0.2) is 23.2 Å². The lowest BCUT2D eigenvalue weighted by Gasteiger charge is -2.11. The summed E-state index contributed by atoms with van der Waals surface area (Å²) in [6.07, 6.45) is 0. The molecule has 0 aromatic heterocycles. The van der Waals surface area contributed by atoms with Gasteiger partial charge in [-0.05, 0) is 55.3 Å². The van der Waals surface area contributed by atoms with Crippen LogP contribution in [0.15, 0.2) is 78.9 Å². The smallest absolute Gasteiger partial charge is 0.343 e. The number of benzene rings is 4. The molecule has 0 N–H and O–H groups in total. The average Bonchev–Trinajstić information content (AvgIpc) is 2.83. The summed E-state index contributed by atoms with van der Waals surface area (Å²) < 4.78 is 54.1. The highest BCUT2D eigenvalue weighted by molar-refractivity contribution is 5.91. The van der Waals surface area contributed by atoms with Gasteiger partial charge in [-0.3, -0.25) is 0 Å². The zero-order valence-corrected chi connectivity index (χ0v) is 18.6. The number of halogens is 3. The minimum Gasteiger partial charge on any atom is -0.491 e. The number of rotatable bonds is 6. The number of aryl methyl sites for hydroxylation is 1. The van der Waals surface area contributed by atoms with E-state index in [0.29, 0.717) is 17.7 Å². The van der Waals surface area contributed by atoms with E-state index < -0.39 is 23.4 Å². The Bertz CT molecular complexity index is 1330. The van der Waals surface area contributed by atoms with Crippen LogP contribution in [-0.2, 0) is 0 Å². The summed E-state index contributed by atoms with van der Waals surface area (Å²) in [5.74, 6) is -3.10. The van der Waals surface area contributed by atoms with Crippen molar-refractivity contribution in [1.82, 2.24) is 0 Å². The van der Waals surface area contributed by atoms with E-state index in [0.717, 1.165) is 11.6 Å². The Kier molecular flexibility index (Phi) is 6.68. The number of esters is 1. The number of hydrogen-bond acceptors (Lipinski definition) is 3. The molecule has 0 aliphatic carbocycles. The predicted molar refractivity (Wildman–Crippen MR) is 124 cm³/mol. The van der Waals surface area contributed by atoms with Gasteiger partial charge in [-0.25, -0.2) is 18.0 Å². The summed E-state index contributed by atoms with van der Waals surface area (Å²) in [6, 6.07) is 20.0. The fraction of sp³-hybridized carbons (Fsp3) is 0.107. The van der Waals surface area contributed by atoms with Gasteiger partial charge in [0.25, 0.3) is 0 Å². The second kappa shape index (κ2) is 9.83. The lowest BCUT2D eigenvalue weighted by atomic mass is 9.98. The van der Waals surface area contributed by atoms with Crippen LogP contribution in [0.3, 0.4) is 0 Å². The summed E-state index contributed by atoms with van der Waals surface area (Å²) in [6.45, 7) is 3.94. The maximum absolute atomic E-state index is 14.9. The van der Waals surface area contributed by atoms with E-state index in [1.807, 2.05) is 19.1 Å². The van der Waals surface area contributed by atoms with Crippen LogP contribution in [0, 0.1) is 24.4 Å². The topological polar surface area (TPSA) is 35.5 Å². The molecular formula is C28H21F3O3. The monoisotopic (exact) mass is 462 g/mol. The second-order valence-corrected chi connectivity index (χ2v) is 7.65. The van der Waals surface area contributed by atoms with E-state index in [9.17, 15) is 18.0 Å². The molecule has 4 aromatic rings. The van der Waals surface area contributed by atoms with Crippen molar-refractivity contribution in [2.75, 3.05) is 6.61 Å². The minimum absolute atomic E-state index is 0.0184. The molecule has 0 atom stereocenters. The molecule has 172 valence electrons. The van der Waals surface area contributed by atoms with E-state index in [2.05, 4.69) is 0 Å². The van der Waals surface area contributed by atoms with Crippen LogP contribution in [0.1, 0.15) is 22.8 Å². The van der Waals surface area contributed by atoms with Gasteiger partial charge < -0.3 is 9.47 Å². The van der Waals surface area contributed by atoms with Crippen molar-refractivity contribution in [3.05, 3.63) is 107 Å². The van der Waals surface area contributed by atoms with Crippen LogP contribution in [0.4, 0.5) is 13.2 Å². The molecule has 0 amide bonds. The molecule has 0 aliphatic heterocycles. The molecule has 0 saturated heterocycles. The normalized spacial score (nSPS) is 10.7. The highest BCUT2D eigenvalue weighted by Gasteiger charge is 2.17. The SMILES string of the molecule is CCOc1ccc(C(=O)Oc2ccc(-c3ccc(-c4ccc(C)cc4)c(F)c3F)cc2)cc1F. The van der Waals surface area contributed by atoms with E-state index in [1.165, 1.54) is 48.5 Å². The lowest BCUT2D eigenvalue weighted by Crippen LogP contribution is -2.09. The second-order valence-electron chi connectivity index (χ2n) is 7.65. The van der Waals surface area contributed by atoms with Crippen molar-refractivity contribution in [3.63, 3.8) is 0 Å². The summed E-state index contributed by atoms with van der Waals surface area (Å²) in [7, 11) is 0. The van der Waals surface area contributed by atoms with Crippen LogP contribution < -0.4 is 9.47 Å². The van der Waals surface area contributed by atoms with Gasteiger partial charge in [0.2, 0.25) is 0 Å². The van der Waals surface area contributed by atoms with E-state index in [1.54, 1.807) is 19.1 Å². The Morgan fingerprint density at radius 2 is 1.32 bits per heavy atom. The fourth-order valence-electron chi connectivity index (χ4n) is 3.50. The molecule has 0 bridgehead atoms. The first-order valence-electron chi connectivity index (χ1n) is 10.7. The van der Waals surface area contributed by atoms with Crippen LogP contribution in [0.2, 0.25) is 0 Å². The Morgan fingerprint density at radius 1 is 0.765 bits per heavy atom. The predicted octanol–water partition coefficient (Wildman–Crippen LogP) is 7.36. The molecule has 0 spiro atoms. The van der Waals surface area contributed by atoms with E-state index >= 15 is 0 Å². The van der Waals surface area contributed by atoms with Crippen molar-refractivity contribution in [2.24, 2.45) is 0 Å². The van der Waals surface area contributed by atoms with Crippen LogP contribution in [-0.4, -0.2) is 12.6 Å². The molecule has 0 unspecified atom stereocenters. The number of ether oxygens (including phenoxy) is 2. The number of carbonyl (C=O) groups is 1. The molecule has 0 fully saturated rings. The van der Waals surface area contributed by atoms with Crippen molar-refractivity contribution in [2.45, 2.75) is 13.8 Å². The molecule has 6 heteroatoms. The molecule has 0 heterocycles. The van der Waals surface area contributed by atoms with Crippen LogP contribution >= 0.6 is 0 Å². The third kappa shape index (κ3) is 4.81. The molecule has 0 radical (unpaired) electrons. The van der Waals surface area contributed by atoms with Crippen LogP contribution in [0.5, 0.6) is 11.5 Å². The van der Waals surface area contributed by atoms with Crippen LogP contribution in [0.25, 0.3) is 22.3 Å². The number of carbonyl (C=O) groups excluding carboxylic acids is 1.